The normalized spacial score (nSPS) is 10.3. The quantitative estimate of drug-likeness (QED) is 0.714. The van der Waals surface area contributed by atoms with E-state index in [4.69, 9.17) is 0 Å². The molecule has 1 N–H and O–H groups in total. The molecule has 1 aromatic carbocycles. The summed E-state index contributed by atoms with van der Waals surface area (Å²) >= 11 is 0. The Morgan fingerprint density at radius 1 is 1.15 bits per heavy atom. The van der Waals surface area contributed by atoms with Gasteiger partial charge < -0.3 is 4.98 Å². The van der Waals surface area contributed by atoms with Crippen molar-refractivity contribution in [2.75, 3.05) is 0 Å². The van der Waals surface area contributed by atoms with Gasteiger partial charge in [0, 0.05) is 5.56 Å². The van der Waals surface area contributed by atoms with E-state index in [1.54, 1.807) is 0 Å². The van der Waals surface area contributed by atoms with Gasteiger partial charge >= 0.3 is 0 Å². The first-order valence-electron chi connectivity index (χ1n) is 4.07. The second-order valence-electron chi connectivity index (χ2n) is 2.96. The molecule has 3 heteroatoms. The van der Waals surface area contributed by atoms with E-state index in [9.17, 15) is 0 Å². The van der Waals surface area contributed by atoms with E-state index in [1.165, 1.54) is 0 Å². The highest BCUT2D eigenvalue weighted by Crippen LogP contribution is 2.14. The molecule has 0 spiro atoms. The Morgan fingerprint density at radius 3 is 2.38 bits per heavy atom. The van der Waals surface area contributed by atoms with Gasteiger partial charge in [-0.3, -0.25) is 0 Å². The summed E-state index contributed by atoms with van der Waals surface area (Å²) in [4.78, 5) is 3.07. The van der Waals surface area contributed by atoms with Crippen molar-refractivity contribution in [3.8, 4) is 11.4 Å². The predicted octanol–water partition coefficient (Wildman–Crippen LogP) is 1.96. The third-order valence-electron chi connectivity index (χ3n) is 1.83. The Morgan fingerprint density at radius 2 is 1.85 bits per heavy atom. The molecule has 1 radical (unpaired) electrons. The van der Waals surface area contributed by atoms with Gasteiger partial charge in [-0.05, 0) is 19.4 Å². The first kappa shape index (κ1) is 7.98. The largest absolute Gasteiger partial charge is 0.325 e. The molecule has 1 aromatic heterocycles. The number of hydrogen-bond donors (Lipinski definition) is 1. The van der Waals surface area contributed by atoms with Crippen LogP contribution in [0, 0.1) is 13.8 Å². The lowest BCUT2D eigenvalue weighted by Crippen LogP contribution is -1.80. The van der Waals surface area contributed by atoms with Crippen molar-refractivity contribution < 1.29 is 0 Å². The van der Waals surface area contributed by atoms with Gasteiger partial charge in [-0.2, -0.15) is 0 Å². The molecule has 2 rings (SSSR count). The molecule has 0 amide bonds. The zero-order valence-corrected chi connectivity index (χ0v) is 7.41. The van der Waals surface area contributed by atoms with Crippen LogP contribution in [-0.2, 0) is 0 Å². The molecule has 0 saturated heterocycles. The lowest BCUT2D eigenvalue weighted by molar-refractivity contribution is 1.04. The van der Waals surface area contributed by atoms with Crippen LogP contribution in [0.25, 0.3) is 11.4 Å². The van der Waals surface area contributed by atoms with Crippen LogP contribution in [0.15, 0.2) is 24.3 Å². The van der Waals surface area contributed by atoms with Gasteiger partial charge in [0.15, 0.2) is 5.82 Å². The zero-order chi connectivity index (χ0) is 9.26. The zero-order valence-electron chi connectivity index (χ0n) is 7.41. The van der Waals surface area contributed by atoms with E-state index in [0.717, 1.165) is 22.8 Å². The molecule has 0 atom stereocenters. The first-order chi connectivity index (χ1) is 6.25. The van der Waals surface area contributed by atoms with Crippen molar-refractivity contribution in [1.29, 1.82) is 0 Å². The van der Waals surface area contributed by atoms with E-state index < -0.39 is 0 Å². The fourth-order valence-corrected chi connectivity index (χ4v) is 1.14. The number of aromatic nitrogens is 3. The fraction of sp³-hybridized carbons (Fsp3) is 0.100. The monoisotopic (exact) mass is 172 g/mol. The van der Waals surface area contributed by atoms with Crippen molar-refractivity contribution in [2.24, 2.45) is 0 Å². The van der Waals surface area contributed by atoms with Crippen molar-refractivity contribution in [2.45, 2.75) is 6.92 Å². The van der Waals surface area contributed by atoms with Gasteiger partial charge in [0.25, 0.3) is 0 Å². The third kappa shape index (κ3) is 1.59. The average molecular weight is 172 g/mol. The molecule has 3 nitrogen and oxygen atoms in total. The maximum Gasteiger partial charge on any atom is 0.161 e. The number of H-pyrrole nitrogens is 1. The fourth-order valence-electron chi connectivity index (χ4n) is 1.14. The number of aromatic amines is 1. The van der Waals surface area contributed by atoms with E-state index in [-0.39, 0.29) is 0 Å². The molecule has 0 unspecified atom stereocenters. The maximum atomic E-state index is 3.99. The summed E-state index contributed by atoms with van der Waals surface area (Å²) in [6.07, 6.45) is 0. The standard InChI is InChI=1S/C10H10N3/c1-7-3-5-9(6-4-7)10-11-8(2)12-13-10/h3-6H,1H2,2H3,(H,11,12,13). The summed E-state index contributed by atoms with van der Waals surface area (Å²) < 4.78 is 0. The molecule has 0 aliphatic rings. The van der Waals surface area contributed by atoms with Crippen molar-refractivity contribution >= 4 is 0 Å². The molecular weight excluding hydrogens is 162 g/mol. The average Bonchev–Trinajstić information content (AvgIpc) is 2.53. The highest BCUT2D eigenvalue weighted by atomic mass is 15.2. The van der Waals surface area contributed by atoms with Gasteiger partial charge in [0.1, 0.15) is 5.82 Å². The number of aryl methyl sites for hydroxylation is 1. The predicted molar refractivity (Wildman–Crippen MR) is 51.0 cm³/mol. The Balaban J connectivity index is 2.41. The molecule has 0 aliphatic carbocycles. The van der Waals surface area contributed by atoms with Gasteiger partial charge in [0.05, 0.1) is 0 Å². The lowest BCUT2D eigenvalue weighted by atomic mass is 10.1. The van der Waals surface area contributed by atoms with Gasteiger partial charge in [-0.1, -0.05) is 24.3 Å². The number of rotatable bonds is 1. The summed E-state index contributed by atoms with van der Waals surface area (Å²) in [7, 11) is 0. The highest BCUT2D eigenvalue weighted by Gasteiger charge is 2.00. The van der Waals surface area contributed by atoms with Crippen molar-refractivity contribution in [3.05, 3.63) is 42.6 Å². The Labute approximate surface area is 76.8 Å². The van der Waals surface area contributed by atoms with E-state index in [0.29, 0.717) is 0 Å². The topological polar surface area (TPSA) is 41.6 Å². The number of nitrogens with zero attached hydrogens (tertiary/aromatic N) is 2. The van der Waals surface area contributed by atoms with Crippen molar-refractivity contribution in [3.63, 3.8) is 0 Å². The molecule has 13 heavy (non-hydrogen) atoms. The van der Waals surface area contributed by atoms with E-state index in [2.05, 4.69) is 22.1 Å². The summed E-state index contributed by atoms with van der Waals surface area (Å²) in [5, 5.41) is 7.88. The van der Waals surface area contributed by atoms with Gasteiger partial charge in [-0.25, -0.2) is 0 Å². The van der Waals surface area contributed by atoms with Crippen LogP contribution in [0.4, 0.5) is 0 Å². The second kappa shape index (κ2) is 3.01. The number of benzene rings is 1. The van der Waals surface area contributed by atoms with Crippen LogP contribution in [0.3, 0.4) is 0 Å². The van der Waals surface area contributed by atoms with Crippen LogP contribution in [0.1, 0.15) is 11.4 Å². The lowest BCUT2D eigenvalue weighted by Gasteiger charge is -1.95. The minimum Gasteiger partial charge on any atom is -0.325 e. The summed E-state index contributed by atoms with van der Waals surface area (Å²) in [5.74, 6) is 1.63. The first-order valence-corrected chi connectivity index (χ1v) is 4.07. The Kier molecular flexibility index (Phi) is 1.85. The van der Waals surface area contributed by atoms with Crippen molar-refractivity contribution in [1.82, 2.24) is 15.2 Å². The maximum absolute atomic E-state index is 3.99. The second-order valence-corrected chi connectivity index (χ2v) is 2.96. The summed E-state index contributed by atoms with van der Waals surface area (Å²) in [5.41, 5.74) is 2.04. The molecule has 0 aliphatic heterocycles. The van der Waals surface area contributed by atoms with E-state index >= 15 is 0 Å². The van der Waals surface area contributed by atoms with Crippen LogP contribution in [0.2, 0.25) is 0 Å². The highest BCUT2D eigenvalue weighted by molar-refractivity contribution is 5.55. The minimum atomic E-state index is 0.803. The Bertz CT molecular complexity index is 400. The van der Waals surface area contributed by atoms with E-state index in [1.807, 2.05) is 31.2 Å². The molecule has 2 aromatic rings. The molecule has 0 fully saturated rings. The van der Waals surface area contributed by atoms with Gasteiger partial charge in [0.2, 0.25) is 0 Å². The Hall–Kier alpha value is -1.64. The third-order valence-corrected chi connectivity index (χ3v) is 1.83. The van der Waals surface area contributed by atoms with Crippen LogP contribution in [0.5, 0.6) is 0 Å². The molecule has 65 valence electrons. The SMILES string of the molecule is [CH2]c1ccc(-c2nnc(C)[nH]2)cc1. The smallest absolute Gasteiger partial charge is 0.161 e. The molecule has 0 bridgehead atoms. The summed E-state index contributed by atoms with van der Waals surface area (Å²) in [6.45, 7) is 5.70. The van der Waals surface area contributed by atoms with Gasteiger partial charge in [-0.15, -0.1) is 10.2 Å². The summed E-state index contributed by atoms with van der Waals surface area (Å²) in [6, 6.07) is 7.85. The molecular formula is C10H10N3. The minimum absolute atomic E-state index is 0.803. The number of nitrogens with one attached hydrogen (secondary N) is 1. The van der Waals surface area contributed by atoms with Crippen LogP contribution < -0.4 is 0 Å². The molecule has 1 heterocycles. The number of hydrogen-bond acceptors (Lipinski definition) is 2. The molecule has 0 saturated carbocycles. The van der Waals surface area contributed by atoms with Crippen LogP contribution in [-0.4, -0.2) is 15.2 Å². The van der Waals surface area contributed by atoms with Crippen LogP contribution >= 0.6 is 0 Å².